The number of rotatable bonds is 2. The summed E-state index contributed by atoms with van der Waals surface area (Å²) in [5.74, 6) is 2.46. The van der Waals surface area contributed by atoms with Gasteiger partial charge in [0.15, 0.2) is 0 Å². The van der Waals surface area contributed by atoms with Gasteiger partial charge >= 0.3 is 0 Å². The first-order valence-electron chi connectivity index (χ1n) is 5.29. The van der Waals surface area contributed by atoms with Crippen molar-refractivity contribution in [3.8, 4) is 0 Å². The molecule has 1 saturated heterocycles. The molecule has 14 heavy (non-hydrogen) atoms. The van der Waals surface area contributed by atoms with E-state index in [1.165, 1.54) is 6.42 Å². The van der Waals surface area contributed by atoms with Crippen LogP contribution < -0.4 is 4.90 Å². The summed E-state index contributed by atoms with van der Waals surface area (Å²) in [6.07, 6.45) is 4.89. The molecule has 0 bridgehead atoms. The van der Waals surface area contributed by atoms with E-state index in [1.54, 1.807) is 0 Å². The lowest BCUT2D eigenvalue weighted by Crippen LogP contribution is -2.23. The van der Waals surface area contributed by atoms with Crippen LogP contribution in [0, 0.1) is 11.8 Å². The van der Waals surface area contributed by atoms with Crippen LogP contribution in [0.4, 0.5) is 5.95 Å². The smallest absolute Gasteiger partial charge is 0.225 e. The van der Waals surface area contributed by atoms with Gasteiger partial charge in [0.1, 0.15) is 0 Å². The standard InChI is InChI=1S/C11H17N3/c1-9(2)10-4-7-14(8-10)11-12-5-3-6-13-11/h3,5-6,9-10H,4,7-8H2,1-2H3/t10-/m1/s1. The lowest BCUT2D eigenvalue weighted by atomic mass is 9.95. The zero-order valence-electron chi connectivity index (χ0n) is 8.85. The van der Waals surface area contributed by atoms with Crippen LogP contribution in [-0.4, -0.2) is 23.1 Å². The van der Waals surface area contributed by atoms with Crippen molar-refractivity contribution < 1.29 is 0 Å². The van der Waals surface area contributed by atoms with Crippen LogP contribution in [0.3, 0.4) is 0 Å². The average Bonchev–Trinajstić information content (AvgIpc) is 2.68. The van der Waals surface area contributed by atoms with Gasteiger partial charge in [-0.3, -0.25) is 0 Å². The number of hydrogen-bond donors (Lipinski definition) is 0. The predicted octanol–water partition coefficient (Wildman–Crippen LogP) is 1.96. The highest BCUT2D eigenvalue weighted by Gasteiger charge is 2.25. The van der Waals surface area contributed by atoms with Crippen LogP contribution in [0.15, 0.2) is 18.5 Å². The molecule has 0 aromatic carbocycles. The SMILES string of the molecule is CC(C)[C@@H]1CCN(c2ncccn2)C1. The van der Waals surface area contributed by atoms with Crippen LogP contribution in [0.25, 0.3) is 0 Å². The molecule has 0 amide bonds. The van der Waals surface area contributed by atoms with Crippen molar-refractivity contribution in [2.75, 3.05) is 18.0 Å². The van der Waals surface area contributed by atoms with Gasteiger partial charge in [0.05, 0.1) is 0 Å². The van der Waals surface area contributed by atoms with Gasteiger partial charge in [-0.2, -0.15) is 0 Å². The average molecular weight is 191 g/mol. The van der Waals surface area contributed by atoms with Crippen molar-refractivity contribution in [2.24, 2.45) is 11.8 Å². The van der Waals surface area contributed by atoms with Gasteiger partial charge in [0.2, 0.25) is 5.95 Å². The fraction of sp³-hybridized carbons (Fsp3) is 0.636. The quantitative estimate of drug-likeness (QED) is 0.715. The number of hydrogen-bond acceptors (Lipinski definition) is 3. The Bertz CT molecular complexity index is 284. The number of anilines is 1. The molecule has 2 rings (SSSR count). The molecule has 0 radical (unpaired) electrons. The first-order valence-corrected chi connectivity index (χ1v) is 5.29. The van der Waals surface area contributed by atoms with Crippen LogP contribution in [0.5, 0.6) is 0 Å². The number of aromatic nitrogens is 2. The highest BCUT2D eigenvalue weighted by molar-refractivity contribution is 5.30. The Hall–Kier alpha value is -1.12. The van der Waals surface area contributed by atoms with Gasteiger partial charge < -0.3 is 4.90 Å². The molecule has 2 heterocycles. The summed E-state index contributed by atoms with van der Waals surface area (Å²) in [6.45, 7) is 6.80. The second-order valence-electron chi connectivity index (χ2n) is 4.29. The zero-order chi connectivity index (χ0) is 9.97. The fourth-order valence-electron chi connectivity index (χ4n) is 1.97. The van der Waals surface area contributed by atoms with E-state index in [0.29, 0.717) is 0 Å². The van der Waals surface area contributed by atoms with Crippen LogP contribution in [-0.2, 0) is 0 Å². The van der Waals surface area contributed by atoms with E-state index < -0.39 is 0 Å². The zero-order valence-corrected chi connectivity index (χ0v) is 8.85. The molecule has 1 fully saturated rings. The Morgan fingerprint density at radius 2 is 2.07 bits per heavy atom. The Morgan fingerprint density at radius 1 is 1.36 bits per heavy atom. The van der Waals surface area contributed by atoms with Crippen molar-refractivity contribution in [1.29, 1.82) is 0 Å². The maximum Gasteiger partial charge on any atom is 0.225 e. The van der Waals surface area contributed by atoms with Crippen molar-refractivity contribution >= 4 is 5.95 Å². The van der Waals surface area contributed by atoms with E-state index in [9.17, 15) is 0 Å². The van der Waals surface area contributed by atoms with Crippen LogP contribution >= 0.6 is 0 Å². The topological polar surface area (TPSA) is 29.0 Å². The van der Waals surface area contributed by atoms with Gasteiger partial charge in [-0.15, -0.1) is 0 Å². The highest BCUT2D eigenvalue weighted by Crippen LogP contribution is 2.25. The molecule has 1 aromatic rings. The van der Waals surface area contributed by atoms with Gasteiger partial charge in [0.25, 0.3) is 0 Å². The molecule has 76 valence electrons. The maximum absolute atomic E-state index is 4.27. The van der Waals surface area contributed by atoms with Gasteiger partial charge in [-0.25, -0.2) is 9.97 Å². The highest BCUT2D eigenvalue weighted by atomic mass is 15.3. The molecule has 0 unspecified atom stereocenters. The van der Waals surface area contributed by atoms with Crippen molar-refractivity contribution in [1.82, 2.24) is 9.97 Å². The minimum Gasteiger partial charge on any atom is -0.341 e. The van der Waals surface area contributed by atoms with E-state index in [-0.39, 0.29) is 0 Å². The minimum atomic E-state index is 0.767. The van der Waals surface area contributed by atoms with Gasteiger partial charge in [0, 0.05) is 25.5 Å². The van der Waals surface area contributed by atoms with Crippen molar-refractivity contribution in [3.63, 3.8) is 0 Å². The van der Waals surface area contributed by atoms with E-state index in [1.807, 2.05) is 18.5 Å². The summed E-state index contributed by atoms with van der Waals surface area (Å²) in [5.41, 5.74) is 0. The molecular formula is C11H17N3. The second-order valence-corrected chi connectivity index (χ2v) is 4.29. The third kappa shape index (κ3) is 1.86. The van der Waals surface area contributed by atoms with Crippen LogP contribution in [0.2, 0.25) is 0 Å². The molecule has 1 aliphatic heterocycles. The van der Waals surface area contributed by atoms with E-state index in [2.05, 4.69) is 28.7 Å². The Kier molecular flexibility index (Phi) is 2.66. The summed E-state index contributed by atoms with van der Waals surface area (Å²) in [5, 5.41) is 0. The first kappa shape index (κ1) is 9.44. The van der Waals surface area contributed by atoms with E-state index in [4.69, 9.17) is 0 Å². The molecule has 0 aliphatic carbocycles. The Balaban J connectivity index is 2.03. The number of nitrogens with zero attached hydrogens (tertiary/aromatic N) is 3. The Labute approximate surface area is 85.2 Å². The third-order valence-electron chi connectivity index (χ3n) is 3.00. The van der Waals surface area contributed by atoms with Crippen LogP contribution in [0.1, 0.15) is 20.3 Å². The minimum absolute atomic E-state index is 0.767. The van der Waals surface area contributed by atoms with Crippen molar-refractivity contribution in [2.45, 2.75) is 20.3 Å². The lowest BCUT2D eigenvalue weighted by Gasteiger charge is -2.17. The van der Waals surface area contributed by atoms with E-state index >= 15 is 0 Å². The second kappa shape index (κ2) is 3.95. The van der Waals surface area contributed by atoms with Gasteiger partial charge in [-0.1, -0.05) is 13.8 Å². The molecule has 1 aliphatic rings. The molecule has 1 atom stereocenters. The molecule has 3 nitrogen and oxygen atoms in total. The molecule has 0 N–H and O–H groups in total. The van der Waals surface area contributed by atoms with Crippen molar-refractivity contribution in [3.05, 3.63) is 18.5 Å². The molecule has 3 heteroatoms. The molecule has 1 aromatic heterocycles. The predicted molar refractivity (Wildman–Crippen MR) is 57.2 cm³/mol. The van der Waals surface area contributed by atoms with E-state index in [0.717, 1.165) is 30.9 Å². The molecule has 0 spiro atoms. The summed E-state index contributed by atoms with van der Waals surface area (Å²) in [4.78, 5) is 10.8. The van der Waals surface area contributed by atoms with Gasteiger partial charge in [-0.05, 0) is 24.3 Å². The first-order chi connectivity index (χ1) is 6.77. The monoisotopic (exact) mass is 191 g/mol. The molecular weight excluding hydrogens is 174 g/mol. The fourth-order valence-corrected chi connectivity index (χ4v) is 1.97. The summed E-state index contributed by atoms with van der Waals surface area (Å²) < 4.78 is 0. The Morgan fingerprint density at radius 3 is 2.64 bits per heavy atom. The summed E-state index contributed by atoms with van der Waals surface area (Å²) in [6, 6.07) is 1.86. The summed E-state index contributed by atoms with van der Waals surface area (Å²) >= 11 is 0. The largest absolute Gasteiger partial charge is 0.341 e. The summed E-state index contributed by atoms with van der Waals surface area (Å²) in [7, 11) is 0. The lowest BCUT2D eigenvalue weighted by molar-refractivity contribution is 0.422. The molecule has 0 saturated carbocycles. The normalized spacial score (nSPS) is 21.9. The maximum atomic E-state index is 4.27. The third-order valence-corrected chi connectivity index (χ3v) is 3.00.